The van der Waals surface area contributed by atoms with E-state index in [2.05, 4.69) is 5.10 Å². The summed E-state index contributed by atoms with van der Waals surface area (Å²) >= 11 is 5.59. The van der Waals surface area contributed by atoms with E-state index in [1.807, 2.05) is 55.5 Å². The summed E-state index contributed by atoms with van der Waals surface area (Å²) in [5.74, 6) is 0. The summed E-state index contributed by atoms with van der Waals surface area (Å²) in [4.78, 5) is 11.5. The van der Waals surface area contributed by atoms with Gasteiger partial charge in [0.1, 0.15) is 0 Å². The Morgan fingerprint density at radius 3 is 2.05 bits per heavy atom. The molecule has 0 spiro atoms. The van der Waals surface area contributed by atoms with E-state index in [1.165, 1.54) is 5.01 Å². The van der Waals surface area contributed by atoms with E-state index in [1.54, 1.807) is 12.1 Å². The number of hydrogen-bond acceptors (Lipinski definition) is 2. The number of hydrazone groups is 1. The van der Waals surface area contributed by atoms with Crippen LogP contribution in [0.2, 0.25) is 0 Å². The lowest BCUT2D eigenvalue weighted by molar-refractivity contribution is 0.264. The van der Waals surface area contributed by atoms with Gasteiger partial charge in [-0.25, -0.2) is 0 Å². The molecule has 0 radical (unpaired) electrons. The Hall–Kier alpha value is -2.13. The summed E-state index contributed by atoms with van der Waals surface area (Å²) < 4.78 is 0. The molecule has 0 aliphatic heterocycles. The van der Waals surface area contributed by atoms with Gasteiger partial charge in [0, 0.05) is 0 Å². The molecule has 2 aromatic carbocycles. The number of benzene rings is 2. The highest BCUT2D eigenvalue weighted by Gasteiger charge is 2.12. The van der Waals surface area contributed by atoms with Crippen molar-refractivity contribution in [3.63, 3.8) is 0 Å². The maximum atomic E-state index is 11.5. The Balaban J connectivity index is 2.34. The summed E-state index contributed by atoms with van der Waals surface area (Å²) in [6.07, 6.45) is 0. The zero-order valence-corrected chi connectivity index (χ0v) is 11.2. The minimum absolute atomic E-state index is 0.637. The minimum Gasteiger partial charge on any atom is -0.253 e. The predicted octanol–water partition coefficient (Wildman–Crippen LogP) is 4.28. The number of para-hydroxylation sites is 1. The van der Waals surface area contributed by atoms with Crippen molar-refractivity contribution in [1.29, 1.82) is 0 Å². The molecule has 0 unspecified atom stereocenters. The Morgan fingerprint density at radius 1 is 1.00 bits per heavy atom. The Bertz CT molecular complexity index is 582. The Kier molecular flexibility index (Phi) is 4.31. The van der Waals surface area contributed by atoms with Crippen LogP contribution in [0.5, 0.6) is 0 Å². The van der Waals surface area contributed by atoms with E-state index in [0.29, 0.717) is 5.69 Å². The number of hydrogen-bond donors (Lipinski definition) is 0. The molecule has 0 saturated heterocycles. The molecule has 0 N–H and O–H groups in total. The average Bonchev–Trinajstić information content (AvgIpc) is 2.46. The molecule has 0 aromatic heterocycles. The molecular weight excluding hydrogens is 260 g/mol. The van der Waals surface area contributed by atoms with E-state index < -0.39 is 5.37 Å². The smallest absolute Gasteiger partial charge is 0.253 e. The second-order valence-electron chi connectivity index (χ2n) is 3.95. The zero-order valence-electron chi connectivity index (χ0n) is 10.5. The number of carbonyl (C=O) groups excluding carboxylic acids is 1. The van der Waals surface area contributed by atoms with Gasteiger partial charge >= 0.3 is 5.37 Å². The van der Waals surface area contributed by atoms with Gasteiger partial charge in [-0.3, -0.25) is 4.79 Å². The van der Waals surface area contributed by atoms with Crippen LogP contribution in [-0.4, -0.2) is 11.1 Å². The quantitative estimate of drug-likeness (QED) is 0.355. The summed E-state index contributed by atoms with van der Waals surface area (Å²) in [6, 6.07) is 18.7. The van der Waals surface area contributed by atoms with E-state index in [4.69, 9.17) is 11.6 Å². The van der Waals surface area contributed by atoms with Gasteiger partial charge in [0.15, 0.2) is 0 Å². The van der Waals surface area contributed by atoms with Gasteiger partial charge in [0.05, 0.1) is 11.4 Å². The number of nitrogens with zero attached hydrogens (tertiary/aromatic N) is 2. The third-order valence-corrected chi connectivity index (χ3v) is 2.77. The monoisotopic (exact) mass is 272 g/mol. The Labute approximate surface area is 117 Å². The van der Waals surface area contributed by atoms with Crippen LogP contribution in [0, 0.1) is 0 Å². The van der Waals surface area contributed by atoms with Crippen molar-refractivity contribution in [2.45, 2.75) is 6.92 Å². The van der Waals surface area contributed by atoms with Gasteiger partial charge in [-0.05, 0) is 36.2 Å². The van der Waals surface area contributed by atoms with Crippen LogP contribution in [0.1, 0.15) is 12.5 Å². The molecule has 0 saturated carbocycles. The van der Waals surface area contributed by atoms with Crippen molar-refractivity contribution in [3.8, 4) is 0 Å². The van der Waals surface area contributed by atoms with Crippen LogP contribution in [0.4, 0.5) is 10.5 Å². The van der Waals surface area contributed by atoms with Gasteiger partial charge in [-0.15, -0.1) is 0 Å². The molecular formula is C15H13ClN2O. The van der Waals surface area contributed by atoms with E-state index in [-0.39, 0.29) is 0 Å². The van der Waals surface area contributed by atoms with Crippen LogP contribution in [0.15, 0.2) is 65.8 Å². The van der Waals surface area contributed by atoms with Crippen LogP contribution in [0.25, 0.3) is 0 Å². The number of carbonyl (C=O) groups is 1. The molecule has 0 aliphatic rings. The van der Waals surface area contributed by atoms with Crippen molar-refractivity contribution in [3.05, 3.63) is 66.2 Å². The maximum absolute atomic E-state index is 11.5. The predicted molar refractivity (Wildman–Crippen MR) is 78.8 cm³/mol. The minimum atomic E-state index is -0.638. The van der Waals surface area contributed by atoms with Crippen LogP contribution in [0.3, 0.4) is 0 Å². The average molecular weight is 273 g/mol. The van der Waals surface area contributed by atoms with Gasteiger partial charge in [0.2, 0.25) is 0 Å². The topological polar surface area (TPSA) is 32.7 Å². The first-order chi connectivity index (χ1) is 9.18. The number of rotatable bonds is 3. The highest BCUT2D eigenvalue weighted by atomic mass is 35.5. The van der Waals surface area contributed by atoms with E-state index >= 15 is 0 Å². The van der Waals surface area contributed by atoms with Gasteiger partial charge in [-0.1, -0.05) is 48.5 Å². The summed E-state index contributed by atoms with van der Waals surface area (Å²) in [7, 11) is 0. The fourth-order valence-corrected chi connectivity index (χ4v) is 1.79. The first kappa shape index (κ1) is 13.3. The molecule has 0 fully saturated rings. The molecule has 3 nitrogen and oxygen atoms in total. The number of amides is 1. The van der Waals surface area contributed by atoms with Crippen molar-refractivity contribution < 1.29 is 4.79 Å². The zero-order chi connectivity index (χ0) is 13.7. The lowest BCUT2D eigenvalue weighted by Crippen LogP contribution is -2.21. The van der Waals surface area contributed by atoms with Gasteiger partial charge in [0.25, 0.3) is 0 Å². The van der Waals surface area contributed by atoms with Crippen molar-refractivity contribution in [2.24, 2.45) is 5.10 Å². The summed E-state index contributed by atoms with van der Waals surface area (Å²) in [5.41, 5.74) is 2.30. The molecule has 4 heteroatoms. The van der Waals surface area contributed by atoms with Crippen molar-refractivity contribution in [1.82, 2.24) is 0 Å². The first-order valence-electron chi connectivity index (χ1n) is 5.84. The van der Waals surface area contributed by atoms with Crippen LogP contribution in [-0.2, 0) is 0 Å². The van der Waals surface area contributed by atoms with Crippen LogP contribution < -0.4 is 5.01 Å². The third kappa shape index (κ3) is 3.42. The molecule has 19 heavy (non-hydrogen) atoms. The largest absolute Gasteiger partial charge is 0.341 e. The normalized spacial score (nSPS) is 11.2. The third-order valence-electron chi connectivity index (χ3n) is 2.61. The Morgan fingerprint density at radius 2 is 1.53 bits per heavy atom. The fraction of sp³-hybridized carbons (Fsp3) is 0.0667. The van der Waals surface area contributed by atoms with Crippen molar-refractivity contribution in [2.75, 3.05) is 5.01 Å². The fourth-order valence-electron chi connectivity index (χ4n) is 1.65. The molecule has 0 bridgehead atoms. The second kappa shape index (κ2) is 6.16. The highest BCUT2D eigenvalue weighted by molar-refractivity contribution is 6.66. The van der Waals surface area contributed by atoms with Gasteiger partial charge < -0.3 is 0 Å². The molecule has 96 valence electrons. The summed E-state index contributed by atoms with van der Waals surface area (Å²) in [6.45, 7) is 1.84. The molecule has 0 heterocycles. The van der Waals surface area contributed by atoms with Crippen LogP contribution >= 0.6 is 11.6 Å². The number of anilines is 1. The molecule has 0 aliphatic carbocycles. The molecule has 2 rings (SSSR count). The first-order valence-corrected chi connectivity index (χ1v) is 6.21. The van der Waals surface area contributed by atoms with Crippen molar-refractivity contribution >= 4 is 28.4 Å². The molecule has 1 amide bonds. The maximum Gasteiger partial charge on any atom is 0.341 e. The van der Waals surface area contributed by atoms with Gasteiger partial charge in [-0.2, -0.15) is 10.1 Å². The lowest BCUT2D eigenvalue weighted by atomic mass is 10.1. The standard InChI is InChI=1S/C15H13ClN2O/c1-12(13-8-4-2-5-9-13)17-18(15(16)19)14-10-6-3-7-11-14/h2-11H,1H3/b17-12-. The SMILES string of the molecule is C/C(=N/N(C(=O)Cl)c1ccccc1)c1ccccc1. The second-order valence-corrected chi connectivity index (χ2v) is 4.28. The lowest BCUT2D eigenvalue weighted by Gasteiger charge is -2.15. The number of halogens is 1. The van der Waals surface area contributed by atoms with E-state index in [0.717, 1.165) is 11.3 Å². The summed E-state index contributed by atoms with van der Waals surface area (Å²) in [5, 5.41) is 4.83. The molecule has 2 aromatic rings. The molecule has 0 atom stereocenters. The van der Waals surface area contributed by atoms with E-state index in [9.17, 15) is 4.79 Å². The highest BCUT2D eigenvalue weighted by Crippen LogP contribution is 2.17.